The van der Waals surface area contributed by atoms with E-state index in [1.54, 1.807) is 13.8 Å². The molecule has 86 valence electrons. The van der Waals surface area contributed by atoms with Crippen molar-refractivity contribution < 1.29 is 14.0 Å². The van der Waals surface area contributed by atoms with Crippen LogP contribution in [0.1, 0.15) is 29.8 Å². The van der Waals surface area contributed by atoms with Gasteiger partial charge in [-0.1, -0.05) is 6.07 Å². The Labute approximate surface area is 93.7 Å². The van der Waals surface area contributed by atoms with Crippen LogP contribution in [0.15, 0.2) is 18.2 Å². The maximum atomic E-state index is 13.0. The Kier molecular flexibility index (Phi) is 3.77. The van der Waals surface area contributed by atoms with Crippen molar-refractivity contribution in [2.24, 2.45) is 0 Å². The molecule has 0 saturated heterocycles. The van der Waals surface area contributed by atoms with Crippen LogP contribution in [-0.2, 0) is 4.79 Å². The van der Waals surface area contributed by atoms with Crippen molar-refractivity contribution in [1.29, 1.82) is 0 Å². The summed E-state index contributed by atoms with van der Waals surface area (Å²) in [7, 11) is 0. The Hall–Kier alpha value is -1.71. The monoisotopic (exact) mass is 223 g/mol. The number of hydrogen-bond donors (Lipinski definition) is 1. The second kappa shape index (κ2) is 4.88. The molecule has 0 aliphatic heterocycles. The van der Waals surface area contributed by atoms with E-state index in [0.29, 0.717) is 5.56 Å². The lowest BCUT2D eigenvalue weighted by Crippen LogP contribution is -2.37. The normalized spacial score (nSPS) is 12.0. The average molecular weight is 223 g/mol. The van der Waals surface area contributed by atoms with Crippen LogP contribution in [0.4, 0.5) is 4.39 Å². The molecule has 4 heteroatoms. The third-order valence-electron chi connectivity index (χ3n) is 2.40. The summed E-state index contributed by atoms with van der Waals surface area (Å²) in [6.07, 6.45) is 0. The molecule has 1 aromatic carbocycles. The van der Waals surface area contributed by atoms with Crippen molar-refractivity contribution in [3.8, 4) is 0 Å². The number of aryl methyl sites for hydroxylation is 1. The van der Waals surface area contributed by atoms with Gasteiger partial charge in [0.25, 0.3) is 5.91 Å². The largest absolute Gasteiger partial charge is 0.343 e. The molecule has 1 amide bonds. The zero-order chi connectivity index (χ0) is 12.3. The van der Waals surface area contributed by atoms with Gasteiger partial charge in [0.15, 0.2) is 5.78 Å². The zero-order valence-electron chi connectivity index (χ0n) is 9.50. The number of hydrogen-bond acceptors (Lipinski definition) is 2. The van der Waals surface area contributed by atoms with Crippen LogP contribution in [0.5, 0.6) is 0 Å². The van der Waals surface area contributed by atoms with E-state index in [1.165, 1.54) is 19.1 Å². The molecule has 0 fully saturated rings. The number of Topliss-reactive ketones (excluding diaryl/α,β-unsaturated/α-hetero) is 1. The van der Waals surface area contributed by atoms with Crippen molar-refractivity contribution in [3.63, 3.8) is 0 Å². The van der Waals surface area contributed by atoms with Crippen LogP contribution < -0.4 is 5.32 Å². The van der Waals surface area contributed by atoms with Gasteiger partial charge in [0.05, 0.1) is 6.04 Å². The first kappa shape index (κ1) is 12.4. The average Bonchev–Trinajstić information content (AvgIpc) is 2.21. The van der Waals surface area contributed by atoms with E-state index in [1.807, 2.05) is 0 Å². The topological polar surface area (TPSA) is 46.2 Å². The van der Waals surface area contributed by atoms with Crippen LogP contribution in [-0.4, -0.2) is 17.7 Å². The lowest BCUT2D eigenvalue weighted by molar-refractivity contribution is -0.118. The quantitative estimate of drug-likeness (QED) is 0.849. The third kappa shape index (κ3) is 2.89. The van der Waals surface area contributed by atoms with E-state index in [-0.39, 0.29) is 11.3 Å². The van der Waals surface area contributed by atoms with E-state index >= 15 is 0 Å². The summed E-state index contributed by atoms with van der Waals surface area (Å²) in [5.74, 6) is -1.03. The van der Waals surface area contributed by atoms with E-state index in [9.17, 15) is 14.0 Å². The molecule has 0 bridgehead atoms. The van der Waals surface area contributed by atoms with Crippen molar-refractivity contribution in [2.45, 2.75) is 26.8 Å². The van der Waals surface area contributed by atoms with Gasteiger partial charge in [-0.3, -0.25) is 9.59 Å². The van der Waals surface area contributed by atoms with Gasteiger partial charge in [-0.15, -0.1) is 0 Å². The lowest BCUT2D eigenvalue weighted by atomic mass is 10.1. The number of rotatable bonds is 3. The van der Waals surface area contributed by atoms with Gasteiger partial charge < -0.3 is 5.32 Å². The van der Waals surface area contributed by atoms with E-state index in [0.717, 1.165) is 6.07 Å². The molecule has 0 aliphatic rings. The summed E-state index contributed by atoms with van der Waals surface area (Å²) < 4.78 is 13.0. The lowest BCUT2D eigenvalue weighted by Gasteiger charge is -2.11. The van der Waals surface area contributed by atoms with Crippen LogP contribution in [0.2, 0.25) is 0 Å². The van der Waals surface area contributed by atoms with Crippen LogP contribution in [0.25, 0.3) is 0 Å². The fourth-order valence-electron chi connectivity index (χ4n) is 1.21. The molecule has 0 saturated carbocycles. The number of benzene rings is 1. The third-order valence-corrected chi connectivity index (χ3v) is 2.40. The maximum absolute atomic E-state index is 13.0. The first-order valence-electron chi connectivity index (χ1n) is 4.99. The smallest absolute Gasteiger partial charge is 0.252 e. The zero-order valence-corrected chi connectivity index (χ0v) is 9.50. The van der Waals surface area contributed by atoms with E-state index in [2.05, 4.69) is 5.32 Å². The molecule has 1 atom stereocenters. The summed E-state index contributed by atoms with van der Waals surface area (Å²) in [6.45, 7) is 4.70. The summed E-state index contributed by atoms with van der Waals surface area (Å²) >= 11 is 0. The Morgan fingerprint density at radius 3 is 2.56 bits per heavy atom. The Morgan fingerprint density at radius 1 is 1.38 bits per heavy atom. The van der Waals surface area contributed by atoms with E-state index < -0.39 is 17.8 Å². The number of carbonyl (C=O) groups excluding carboxylic acids is 2. The van der Waals surface area contributed by atoms with Gasteiger partial charge in [-0.05, 0) is 38.5 Å². The highest BCUT2D eigenvalue weighted by Crippen LogP contribution is 2.10. The Balaban J connectivity index is 2.88. The predicted molar refractivity (Wildman–Crippen MR) is 58.7 cm³/mol. The van der Waals surface area contributed by atoms with Crippen molar-refractivity contribution >= 4 is 11.7 Å². The van der Waals surface area contributed by atoms with Crippen LogP contribution in [0, 0.1) is 12.7 Å². The summed E-state index contributed by atoms with van der Waals surface area (Å²) in [6, 6.07) is 3.43. The Morgan fingerprint density at radius 2 is 2.00 bits per heavy atom. The molecule has 0 aliphatic carbocycles. The highest BCUT2D eigenvalue weighted by Gasteiger charge is 2.15. The standard InChI is InChI=1S/C12H14FNO2/c1-7-4-5-10(13)6-11(7)12(16)14-8(2)9(3)15/h4-6,8H,1-3H3,(H,14,16). The molecule has 1 unspecified atom stereocenters. The van der Waals surface area contributed by atoms with Gasteiger partial charge in [-0.25, -0.2) is 4.39 Å². The van der Waals surface area contributed by atoms with Gasteiger partial charge in [0, 0.05) is 5.56 Å². The molecule has 0 spiro atoms. The molecule has 1 aromatic rings. The summed E-state index contributed by atoms with van der Waals surface area (Å²) in [5, 5.41) is 2.51. The SMILES string of the molecule is CC(=O)C(C)NC(=O)c1cc(F)ccc1C. The molecule has 3 nitrogen and oxygen atoms in total. The summed E-state index contributed by atoms with van der Waals surface area (Å²) in [4.78, 5) is 22.7. The van der Waals surface area contributed by atoms with Crippen LogP contribution in [0.3, 0.4) is 0 Å². The number of carbonyl (C=O) groups is 2. The highest BCUT2D eigenvalue weighted by molar-refractivity contribution is 5.98. The molecular formula is C12H14FNO2. The molecular weight excluding hydrogens is 209 g/mol. The van der Waals surface area contributed by atoms with Crippen molar-refractivity contribution in [2.75, 3.05) is 0 Å². The minimum atomic E-state index is -0.560. The van der Waals surface area contributed by atoms with Gasteiger partial charge >= 0.3 is 0 Å². The number of halogens is 1. The molecule has 16 heavy (non-hydrogen) atoms. The molecule has 1 N–H and O–H groups in total. The van der Waals surface area contributed by atoms with Crippen molar-refractivity contribution in [3.05, 3.63) is 35.1 Å². The predicted octanol–water partition coefficient (Wildman–Crippen LogP) is 1.84. The second-order valence-corrected chi connectivity index (χ2v) is 3.77. The first-order chi connectivity index (χ1) is 7.41. The van der Waals surface area contributed by atoms with Gasteiger partial charge in [0.2, 0.25) is 0 Å². The minimum absolute atomic E-state index is 0.137. The fraction of sp³-hybridized carbons (Fsp3) is 0.333. The number of amides is 1. The van der Waals surface area contributed by atoms with Gasteiger partial charge in [0.1, 0.15) is 5.82 Å². The second-order valence-electron chi connectivity index (χ2n) is 3.77. The van der Waals surface area contributed by atoms with E-state index in [4.69, 9.17) is 0 Å². The van der Waals surface area contributed by atoms with Gasteiger partial charge in [-0.2, -0.15) is 0 Å². The number of ketones is 1. The molecule has 0 heterocycles. The van der Waals surface area contributed by atoms with Crippen molar-refractivity contribution in [1.82, 2.24) is 5.32 Å². The fourth-order valence-corrected chi connectivity index (χ4v) is 1.21. The highest BCUT2D eigenvalue weighted by atomic mass is 19.1. The first-order valence-corrected chi connectivity index (χ1v) is 4.99. The Bertz CT molecular complexity index is 429. The van der Waals surface area contributed by atoms with Crippen LogP contribution >= 0.6 is 0 Å². The molecule has 0 aromatic heterocycles. The summed E-state index contributed by atoms with van der Waals surface area (Å²) in [5.41, 5.74) is 0.933. The minimum Gasteiger partial charge on any atom is -0.343 e. The maximum Gasteiger partial charge on any atom is 0.252 e. The molecule has 0 radical (unpaired) electrons. The molecule has 1 rings (SSSR count). The number of nitrogens with one attached hydrogen (secondary N) is 1.